The molecule has 0 aliphatic heterocycles. The van der Waals surface area contributed by atoms with Gasteiger partial charge in [0.25, 0.3) is 0 Å². The van der Waals surface area contributed by atoms with E-state index in [4.69, 9.17) is 0 Å². The molecule has 0 radical (unpaired) electrons. The van der Waals surface area contributed by atoms with Gasteiger partial charge in [-0.2, -0.15) is 0 Å². The summed E-state index contributed by atoms with van der Waals surface area (Å²) in [5.41, 5.74) is 2.00. The van der Waals surface area contributed by atoms with Gasteiger partial charge in [-0.1, -0.05) is 30.7 Å². The molecule has 1 aromatic rings. The zero-order chi connectivity index (χ0) is 9.47. The van der Waals surface area contributed by atoms with Crippen LogP contribution in [0.2, 0.25) is 0 Å². The average molecular weight is 174 g/mol. The lowest BCUT2D eigenvalue weighted by atomic mass is 9.96. The van der Waals surface area contributed by atoms with Gasteiger partial charge in [-0.05, 0) is 25.8 Å². The highest BCUT2D eigenvalue weighted by atomic mass is 16.1. The Hall–Kier alpha value is -1.11. The maximum Gasteiger partial charge on any atom is 0.168 e. The molecule has 1 fully saturated rings. The Morgan fingerprint density at radius 1 is 1.38 bits per heavy atom. The summed E-state index contributed by atoms with van der Waals surface area (Å²) in [7, 11) is 0. The van der Waals surface area contributed by atoms with E-state index in [1.165, 1.54) is 0 Å². The summed E-state index contributed by atoms with van der Waals surface area (Å²) in [6, 6.07) is 7.87. The SMILES string of the molecule is Cc1cccc(C(=O)C2(C)CC2)c1. The van der Waals surface area contributed by atoms with Crippen molar-refractivity contribution >= 4 is 5.78 Å². The number of hydrogen-bond acceptors (Lipinski definition) is 1. The largest absolute Gasteiger partial charge is 0.294 e. The van der Waals surface area contributed by atoms with Gasteiger partial charge in [0.2, 0.25) is 0 Å². The predicted molar refractivity (Wildman–Crippen MR) is 52.9 cm³/mol. The van der Waals surface area contributed by atoms with Crippen LogP contribution in [0.5, 0.6) is 0 Å². The molecule has 0 unspecified atom stereocenters. The molecule has 0 bridgehead atoms. The quantitative estimate of drug-likeness (QED) is 0.630. The summed E-state index contributed by atoms with van der Waals surface area (Å²) in [5.74, 6) is 0.316. The van der Waals surface area contributed by atoms with E-state index < -0.39 is 0 Å². The fraction of sp³-hybridized carbons (Fsp3) is 0.417. The van der Waals surface area contributed by atoms with E-state index in [1.54, 1.807) is 0 Å². The number of carbonyl (C=O) groups excluding carboxylic acids is 1. The Bertz CT molecular complexity index is 348. The molecule has 0 aromatic heterocycles. The first-order chi connectivity index (χ1) is 6.12. The first-order valence-electron chi connectivity index (χ1n) is 4.73. The number of benzene rings is 1. The molecule has 1 heteroatoms. The van der Waals surface area contributed by atoms with Crippen LogP contribution in [0.3, 0.4) is 0 Å². The van der Waals surface area contributed by atoms with Crippen LogP contribution in [0.1, 0.15) is 35.7 Å². The highest BCUT2D eigenvalue weighted by Crippen LogP contribution is 2.47. The van der Waals surface area contributed by atoms with Gasteiger partial charge in [0.05, 0.1) is 0 Å². The summed E-state index contributed by atoms with van der Waals surface area (Å²) in [6.45, 7) is 4.07. The highest BCUT2D eigenvalue weighted by Gasteiger charge is 2.44. The monoisotopic (exact) mass is 174 g/mol. The third kappa shape index (κ3) is 1.51. The van der Waals surface area contributed by atoms with E-state index in [1.807, 2.05) is 31.2 Å². The van der Waals surface area contributed by atoms with Crippen LogP contribution in [0.25, 0.3) is 0 Å². The minimum atomic E-state index is -0.0339. The lowest BCUT2D eigenvalue weighted by Crippen LogP contribution is -2.11. The molecule has 2 rings (SSSR count). The van der Waals surface area contributed by atoms with Crippen molar-refractivity contribution in [3.63, 3.8) is 0 Å². The molecule has 0 spiro atoms. The molecular formula is C12H14O. The highest BCUT2D eigenvalue weighted by molar-refractivity contribution is 6.02. The van der Waals surface area contributed by atoms with Gasteiger partial charge in [-0.25, -0.2) is 0 Å². The molecule has 0 amide bonds. The fourth-order valence-corrected chi connectivity index (χ4v) is 1.55. The Morgan fingerprint density at radius 2 is 2.08 bits per heavy atom. The van der Waals surface area contributed by atoms with Gasteiger partial charge in [0.15, 0.2) is 5.78 Å². The van der Waals surface area contributed by atoms with Crippen LogP contribution in [0, 0.1) is 12.3 Å². The molecule has 1 aromatic carbocycles. The van der Waals surface area contributed by atoms with Crippen molar-refractivity contribution in [2.75, 3.05) is 0 Å². The molecule has 0 atom stereocenters. The summed E-state index contributed by atoms with van der Waals surface area (Å²) < 4.78 is 0. The summed E-state index contributed by atoms with van der Waals surface area (Å²) in [4.78, 5) is 11.9. The van der Waals surface area contributed by atoms with Crippen molar-refractivity contribution in [1.29, 1.82) is 0 Å². The molecule has 13 heavy (non-hydrogen) atoms. The Kier molecular flexibility index (Phi) is 1.76. The van der Waals surface area contributed by atoms with E-state index in [0.29, 0.717) is 5.78 Å². The first kappa shape index (κ1) is 8.49. The molecule has 1 saturated carbocycles. The summed E-state index contributed by atoms with van der Waals surface area (Å²) >= 11 is 0. The number of ketones is 1. The summed E-state index contributed by atoms with van der Waals surface area (Å²) in [5, 5.41) is 0. The third-order valence-electron chi connectivity index (χ3n) is 2.83. The van der Waals surface area contributed by atoms with Crippen molar-refractivity contribution in [3.8, 4) is 0 Å². The van der Waals surface area contributed by atoms with Crippen LogP contribution in [-0.4, -0.2) is 5.78 Å². The molecule has 0 N–H and O–H groups in total. The predicted octanol–water partition coefficient (Wildman–Crippen LogP) is 2.98. The standard InChI is InChI=1S/C12H14O/c1-9-4-3-5-10(8-9)11(13)12(2)6-7-12/h3-5,8H,6-7H2,1-2H3. The zero-order valence-electron chi connectivity index (χ0n) is 8.13. The number of Topliss-reactive ketones (excluding diaryl/α,β-unsaturated/α-hetero) is 1. The summed E-state index contributed by atoms with van der Waals surface area (Å²) in [6.07, 6.45) is 2.11. The van der Waals surface area contributed by atoms with Crippen molar-refractivity contribution in [1.82, 2.24) is 0 Å². The van der Waals surface area contributed by atoms with Crippen molar-refractivity contribution in [2.24, 2.45) is 5.41 Å². The normalized spacial score (nSPS) is 18.3. The van der Waals surface area contributed by atoms with E-state index >= 15 is 0 Å². The first-order valence-corrected chi connectivity index (χ1v) is 4.73. The topological polar surface area (TPSA) is 17.1 Å². The maximum atomic E-state index is 11.9. The number of hydrogen-bond donors (Lipinski definition) is 0. The van der Waals surface area contributed by atoms with Gasteiger partial charge in [0.1, 0.15) is 0 Å². The molecule has 68 valence electrons. The molecular weight excluding hydrogens is 160 g/mol. The van der Waals surface area contributed by atoms with Gasteiger partial charge in [-0.15, -0.1) is 0 Å². The number of rotatable bonds is 2. The smallest absolute Gasteiger partial charge is 0.168 e. The van der Waals surface area contributed by atoms with E-state index in [9.17, 15) is 4.79 Å². The second kappa shape index (κ2) is 2.69. The van der Waals surface area contributed by atoms with E-state index in [0.717, 1.165) is 24.0 Å². The van der Waals surface area contributed by atoms with Crippen molar-refractivity contribution in [2.45, 2.75) is 26.7 Å². The Labute approximate surface area is 78.8 Å². The van der Waals surface area contributed by atoms with Crippen LogP contribution < -0.4 is 0 Å². The molecule has 0 saturated heterocycles. The second-order valence-corrected chi connectivity index (χ2v) is 4.26. The van der Waals surface area contributed by atoms with Crippen molar-refractivity contribution < 1.29 is 4.79 Å². The average Bonchev–Trinajstić information content (AvgIpc) is 2.84. The maximum absolute atomic E-state index is 11.9. The van der Waals surface area contributed by atoms with E-state index in [-0.39, 0.29) is 5.41 Å². The Balaban J connectivity index is 2.30. The molecule has 1 aliphatic carbocycles. The third-order valence-corrected chi connectivity index (χ3v) is 2.83. The lowest BCUT2D eigenvalue weighted by molar-refractivity contribution is 0.0912. The zero-order valence-corrected chi connectivity index (χ0v) is 8.13. The minimum Gasteiger partial charge on any atom is -0.294 e. The van der Waals surface area contributed by atoms with Gasteiger partial charge in [-0.3, -0.25) is 4.79 Å². The van der Waals surface area contributed by atoms with E-state index in [2.05, 4.69) is 6.92 Å². The van der Waals surface area contributed by atoms with Crippen LogP contribution in [0.4, 0.5) is 0 Å². The van der Waals surface area contributed by atoms with Crippen molar-refractivity contribution in [3.05, 3.63) is 35.4 Å². The molecule has 1 nitrogen and oxygen atoms in total. The second-order valence-electron chi connectivity index (χ2n) is 4.26. The molecule has 0 heterocycles. The van der Waals surface area contributed by atoms with Crippen LogP contribution in [-0.2, 0) is 0 Å². The minimum absolute atomic E-state index is 0.0339. The lowest BCUT2D eigenvalue weighted by Gasteiger charge is -2.07. The number of aryl methyl sites for hydroxylation is 1. The fourth-order valence-electron chi connectivity index (χ4n) is 1.55. The van der Waals surface area contributed by atoms with Crippen LogP contribution >= 0.6 is 0 Å². The number of carbonyl (C=O) groups is 1. The van der Waals surface area contributed by atoms with Gasteiger partial charge < -0.3 is 0 Å². The Morgan fingerprint density at radius 3 is 2.62 bits per heavy atom. The van der Waals surface area contributed by atoms with Gasteiger partial charge >= 0.3 is 0 Å². The van der Waals surface area contributed by atoms with Gasteiger partial charge in [0, 0.05) is 11.0 Å². The molecule has 1 aliphatic rings. The van der Waals surface area contributed by atoms with Crippen LogP contribution in [0.15, 0.2) is 24.3 Å².